The minimum absolute atomic E-state index is 0.00607. The van der Waals surface area contributed by atoms with Gasteiger partial charge in [0.15, 0.2) is 0 Å². The molecule has 0 bridgehead atoms. The van der Waals surface area contributed by atoms with Crippen LogP contribution in [0, 0.1) is 0 Å². The number of likely N-dealkylation sites (tertiary alicyclic amines) is 1. The van der Waals surface area contributed by atoms with Gasteiger partial charge in [0.2, 0.25) is 5.91 Å². The number of rotatable bonds is 4. The van der Waals surface area contributed by atoms with Crippen LogP contribution in [-0.2, 0) is 4.79 Å². The highest BCUT2D eigenvalue weighted by molar-refractivity contribution is 5.78. The van der Waals surface area contributed by atoms with Crippen LogP contribution >= 0.6 is 0 Å². The number of carbonyl (C=O) groups is 1. The number of amides is 1. The number of aliphatic hydroxyl groups excluding tert-OH is 1. The monoisotopic (exact) mass is 186 g/mol. The second kappa shape index (κ2) is 5.19. The van der Waals surface area contributed by atoms with Crippen molar-refractivity contribution in [1.29, 1.82) is 0 Å². The van der Waals surface area contributed by atoms with Gasteiger partial charge in [0.25, 0.3) is 0 Å². The molecular formula is C9H18N2O2. The van der Waals surface area contributed by atoms with Gasteiger partial charge in [-0.3, -0.25) is 4.79 Å². The average Bonchev–Trinajstić information content (AvgIpc) is 2.66. The molecule has 1 heterocycles. The molecule has 1 saturated heterocycles. The largest absolute Gasteiger partial charge is 0.395 e. The molecule has 2 N–H and O–H groups in total. The van der Waals surface area contributed by atoms with Crippen molar-refractivity contribution in [2.45, 2.75) is 25.8 Å². The van der Waals surface area contributed by atoms with Crippen molar-refractivity contribution in [3.8, 4) is 0 Å². The van der Waals surface area contributed by atoms with E-state index in [0.717, 1.165) is 25.9 Å². The minimum Gasteiger partial charge on any atom is -0.395 e. The van der Waals surface area contributed by atoms with Gasteiger partial charge in [0.1, 0.15) is 0 Å². The first-order valence-electron chi connectivity index (χ1n) is 4.86. The lowest BCUT2D eigenvalue weighted by molar-refractivity contribution is -0.129. The number of nitrogens with zero attached hydrogens (tertiary/aromatic N) is 1. The quantitative estimate of drug-likeness (QED) is 0.627. The first kappa shape index (κ1) is 10.5. The predicted molar refractivity (Wildman–Crippen MR) is 50.4 cm³/mol. The highest BCUT2D eigenvalue weighted by Crippen LogP contribution is 2.06. The number of nitrogens with one attached hydrogen (secondary N) is 1. The maximum absolute atomic E-state index is 11.4. The van der Waals surface area contributed by atoms with Crippen LogP contribution in [0.25, 0.3) is 0 Å². The van der Waals surface area contributed by atoms with Crippen molar-refractivity contribution in [3.05, 3.63) is 0 Å². The maximum Gasteiger partial charge on any atom is 0.236 e. The SMILES string of the molecule is CC(CO)NCC(=O)N1CCCC1. The number of hydrogen-bond acceptors (Lipinski definition) is 3. The molecule has 1 fully saturated rings. The molecule has 1 atom stereocenters. The van der Waals surface area contributed by atoms with Crippen molar-refractivity contribution in [1.82, 2.24) is 10.2 Å². The van der Waals surface area contributed by atoms with E-state index in [4.69, 9.17) is 5.11 Å². The summed E-state index contributed by atoms with van der Waals surface area (Å²) >= 11 is 0. The molecule has 13 heavy (non-hydrogen) atoms. The molecule has 1 aliphatic rings. The summed E-state index contributed by atoms with van der Waals surface area (Å²) in [7, 11) is 0. The van der Waals surface area contributed by atoms with E-state index >= 15 is 0 Å². The van der Waals surface area contributed by atoms with Crippen LogP contribution in [0.4, 0.5) is 0 Å². The standard InChI is InChI=1S/C9H18N2O2/c1-8(7-12)10-6-9(13)11-4-2-3-5-11/h8,10,12H,2-7H2,1H3. The smallest absolute Gasteiger partial charge is 0.236 e. The molecular weight excluding hydrogens is 168 g/mol. The summed E-state index contributed by atoms with van der Waals surface area (Å²) in [5, 5.41) is 11.7. The predicted octanol–water partition coefficient (Wildman–Crippen LogP) is -0.421. The molecule has 0 saturated carbocycles. The highest BCUT2D eigenvalue weighted by Gasteiger charge is 2.17. The molecule has 0 aromatic carbocycles. The Hall–Kier alpha value is -0.610. The van der Waals surface area contributed by atoms with Gasteiger partial charge in [0, 0.05) is 19.1 Å². The third kappa shape index (κ3) is 3.32. The topological polar surface area (TPSA) is 52.6 Å². The van der Waals surface area contributed by atoms with Crippen molar-refractivity contribution in [3.63, 3.8) is 0 Å². The molecule has 0 aromatic heterocycles. The molecule has 1 unspecified atom stereocenters. The van der Waals surface area contributed by atoms with Crippen LogP contribution in [0.5, 0.6) is 0 Å². The molecule has 0 radical (unpaired) electrons. The summed E-state index contributed by atoms with van der Waals surface area (Å²) in [5.74, 6) is 0.151. The van der Waals surface area contributed by atoms with Crippen molar-refractivity contribution in [2.75, 3.05) is 26.2 Å². The zero-order valence-electron chi connectivity index (χ0n) is 8.12. The summed E-state index contributed by atoms with van der Waals surface area (Å²) in [5.41, 5.74) is 0. The summed E-state index contributed by atoms with van der Waals surface area (Å²) in [6.07, 6.45) is 2.25. The van der Waals surface area contributed by atoms with Crippen LogP contribution in [0.15, 0.2) is 0 Å². The summed E-state index contributed by atoms with van der Waals surface area (Å²) < 4.78 is 0. The van der Waals surface area contributed by atoms with E-state index in [-0.39, 0.29) is 18.6 Å². The Balaban J connectivity index is 2.16. The molecule has 1 rings (SSSR count). The van der Waals surface area contributed by atoms with Crippen molar-refractivity contribution < 1.29 is 9.90 Å². The average molecular weight is 186 g/mol. The van der Waals surface area contributed by atoms with Crippen molar-refractivity contribution >= 4 is 5.91 Å². The second-order valence-corrected chi connectivity index (χ2v) is 3.55. The Morgan fingerprint density at radius 3 is 2.69 bits per heavy atom. The molecule has 76 valence electrons. The maximum atomic E-state index is 11.4. The molecule has 0 aromatic rings. The Kier molecular flexibility index (Phi) is 4.18. The Morgan fingerprint density at radius 2 is 2.15 bits per heavy atom. The van der Waals surface area contributed by atoms with Gasteiger partial charge in [-0.25, -0.2) is 0 Å². The van der Waals surface area contributed by atoms with E-state index in [1.54, 1.807) is 0 Å². The van der Waals surface area contributed by atoms with E-state index < -0.39 is 0 Å². The Morgan fingerprint density at radius 1 is 1.54 bits per heavy atom. The zero-order valence-corrected chi connectivity index (χ0v) is 8.12. The number of carbonyl (C=O) groups excluding carboxylic acids is 1. The first-order valence-corrected chi connectivity index (χ1v) is 4.86. The fourth-order valence-electron chi connectivity index (χ4n) is 1.40. The summed E-state index contributed by atoms with van der Waals surface area (Å²) in [6, 6.07) is 0.00607. The van der Waals surface area contributed by atoms with Gasteiger partial charge in [-0.1, -0.05) is 0 Å². The van der Waals surface area contributed by atoms with Crippen LogP contribution < -0.4 is 5.32 Å². The van der Waals surface area contributed by atoms with E-state index in [0.29, 0.717) is 6.54 Å². The van der Waals surface area contributed by atoms with Crippen LogP contribution in [-0.4, -0.2) is 48.2 Å². The lowest BCUT2D eigenvalue weighted by Crippen LogP contribution is -2.40. The van der Waals surface area contributed by atoms with E-state index in [1.165, 1.54) is 0 Å². The fourth-order valence-corrected chi connectivity index (χ4v) is 1.40. The van der Waals surface area contributed by atoms with E-state index in [2.05, 4.69) is 5.32 Å². The van der Waals surface area contributed by atoms with Gasteiger partial charge in [-0.2, -0.15) is 0 Å². The summed E-state index contributed by atoms with van der Waals surface area (Å²) in [4.78, 5) is 13.3. The normalized spacial score (nSPS) is 19.1. The fraction of sp³-hybridized carbons (Fsp3) is 0.889. The Bertz CT molecular complexity index is 167. The number of hydrogen-bond donors (Lipinski definition) is 2. The van der Waals surface area contributed by atoms with Crippen molar-refractivity contribution in [2.24, 2.45) is 0 Å². The molecule has 1 aliphatic heterocycles. The summed E-state index contributed by atoms with van der Waals surface area (Å²) in [6.45, 7) is 4.08. The van der Waals surface area contributed by atoms with Gasteiger partial charge in [0.05, 0.1) is 13.2 Å². The molecule has 4 nitrogen and oxygen atoms in total. The highest BCUT2D eigenvalue weighted by atomic mass is 16.3. The van der Waals surface area contributed by atoms with Gasteiger partial charge in [-0.05, 0) is 19.8 Å². The molecule has 1 amide bonds. The zero-order chi connectivity index (χ0) is 9.68. The van der Waals surface area contributed by atoms with Crippen LogP contribution in [0.3, 0.4) is 0 Å². The molecule has 0 spiro atoms. The molecule has 4 heteroatoms. The van der Waals surface area contributed by atoms with Crippen LogP contribution in [0.1, 0.15) is 19.8 Å². The minimum atomic E-state index is 0.00607. The van der Waals surface area contributed by atoms with Gasteiger partial charge in [-0.15, -0.1) is 0 Å². The third-order valence-electron chi connectivity index (χ3n) is 2.33. The van der Waals surface area contributed by atoms with E-state index in [1.807, 2.05) is 11.8 Å². The second-order valence-electron chi connectivity index (χ2n) is 3.55. The van der Waals surface area contributed by atoms with Crippen LogP contribution in [0.2, 0.25) is 0 Å². The third-order valence-corrected chi connectivity index (χ3v) is 2.33. The van der Waals surface area contributed by atoms with Gasteiger partial charge < -0.3 is 15.3 Å². The van der Waals surface area contributed by atoms with Gasteiger partial charge >= 0.3 is 0 Å². The first-order chi connectivity index (χ1) is 6.24. The number of aliphatic hydroxyl groups is 1. The molecule has 0 aliphatic carbocycles. The Labute approximate surface area is 78.9 Å². The van der Waals surface area contributed by atoms with E-state index in [9.17, 15) is 4.79 Å². The lowest BCUT2D eigenvalue weighted by Gasteiger charge is -2.17. The lowest BCUT2D eigenvalue weighted by atomic mass is 10.3.